The quantitative estimate of drug-likeness (QED) is 0.126. The summed E-state index contributed by atoms with van der Waals surface area (Å²) < 4.78 is 1.50. The van der Waals surface area contributed by atoms with Crippen LogP contribution in [0.3, 0.4) is 0 Å². The van der Waals surface area contributed by atoms with Crippen LogP contribution in [0.25, 0.3) is 21.5 Å². The van der Waals surface area contributed by atoms with Crippen LogP contribution in [0.1, 0.15) is 11.1 Å². The molecule has 0 saturated heterocycles. The van der Waals surface area contributed by atoms with E-state index < -0.39 is 16.1 Å². The Morgan fingerprint density at radius 3 is 1.15 bits per heavy atom. The van der Waals surface area contributed by atoms with E-state index in [0.29, 0.717) is 0 Å². The number of rotatable bonds is 4. The van der Waals surface area contributed by atoms with Gasteiger partial charge in [-0.3, -0.25) is 0 Å². The Morgan fingerprint density at radius 1 is 0.475 bits per heavy atom. The molecule has 6 aromatic carbocycles. The van der Waals surface area contributed by atoms with Gasteiger partial charge in [-0.2, -0.15) is 35.0 Å². The molecule has 0 aliphatic carbocycles. The first-order valence-electron chi connectivity index (χ1n) is 14.0. The van der Waals surface area contributed by atoms with Crippen LogP contribution in [0.2, 0.25) is 39.3 Å². The molecular weight excluding hydrogens is 679 g/mol. The molecule has 0 nitrogen and oxygen atoms in total. The van der Waals surface area contributed by atoms with Crippen molar-refractivity contribution < 1.29 is 23.9 Å². The normalized spacial score (nSPS) is 11.4. The molecule has 6 aromatic rings. The molecule has 0 bridgehead atoms. The molecule has 0 aromatic heterocycles. The van der Waals surface area contributed by atoms with Crippen LogP contribution in [-0.4, -0.2) is 19.4 Å². The van der Waals surface area contributed by atoms with E-state index in [1.807, 2.05) is 0 Å². The van der Waals surface area contributed by atoms with Gasteiger partial charge in [-0.25, -0.2) is 0 Å². The fourth-order valence-corrected chi connectivity index (χ4v) is 8.11. The van der Waals surface area contributed by atoms with Crippen molar-refractivity contribution in [1.82, 2.24) is 0 Å². The minimum Gasteiger partial charge on any atom is -0.168 e. The van der Waals surface area contributed by atoms with Gasteiger partial charge in [0, 0.05) is 0 Å². The van der Waals surface area contributed by atoms with E-state index >= 15 is 0 Å². The monoisotopic (exact) mass is 720 g/mol. The zero-order valence-corrected chi connectivity index (χ0v) is 30.3. The maximum atomic E-state index is 2.41. The van der Waals surface area contributed by atoms with E-state index in [1.165, 1.54) is 35.9 Å². The zero-order chi connectivity index (χ0) is 28.8. The van der Waals surface area contributed by atoms with Crippen molar-refractivity contribution in [3.63, 3.8) is 0 Å². The Labute approximate surface area is 257 Å². The Bertz CT molecular complexity index is 1470. The van der Waals surface area contributed by atoms with Gasteiger partial charge in [-0.05, 0) is 0 Å². The Balaban J connectivity index is 0.000000165. The summed E-state index contributed by atoms with van der Waals surface area (Å²) in [6, 6.07) is 48.0. The van der Waals surface area contributed by atoms with Crippen molar-refractivity contribution in [3.8, 4) is 0 Å². The predicted molar refractivity (Wildman–Crippen MR) is 181 cm³/mol. The smallest absolute Gasteiger partial charge is 0.0809 e. The van der Waals surface area contributed by atoms with Crippen molar-refractivity contribution in [2.24, 2.45) is 0 Å². The van der Waals surface area contributed by atoms with E-state index in [2.05, 4.69) is 173 Å². The molecule has 0 amide bonds. The van der Waals surface area contributed by atoms with Crippen LogP contribution in [0.4, 0.5) is 0 Å². The van der Waals surface area contributed by atoms with Gasteiger partial charge in [0.2, 0.25) is 0 Å². The number of benzene rings is 4. The summed E-state index contributed by atoms with van der Waals surface area (Å²) >= 11 is 1.08. The average Bonchev–Trinajstić information content (AvgIpc) is 3.62. The van der Waals surface area contributed by atoms with Crippen molar-refractivity contribution in [1.29, 1.82) is 0 Å². The molecule has 40 heavy (non-hydrogen) atoms. The standard InChI is InChI=1S/C19H26Si2.2C9H7.Hf/c1-20(2,3)18-11-7-16(8-12-18)15-17-9-13-19(14-10-17)21(4,5)6;2*1-2-5-9-7-3-6-8(9)4-1;/h7-14H,1-6H3;2*1-7H;/q;2*-1;+2. The second-order valence-electron chi connectivity index (χ2n) is 12.3. The molecule has 0 aliphatic heterocycles. The second-order valence-corrected chi connectivity index (χ2v) is 24.3. The van der Waals surface area contributed by atoms with Gasteiger partial charge in [0.1, 0.15) is 0 Å². The van der Waals surface area contributed by atoms with Gasteiger partial charge in [-0.15, -0.1) is 59.3 Å². The SMILES string of the molecule is C[Si](C)(C)c1ccc([C](=[Hf+2])c2ccc([Si](C)(C)C)cc2)cc1.c1ccc2[cH-]ccc2c1.c1ccc2[cH-]ccc2c1. The van der Waals surface area contributed by atoms with E-state index in [1.54, 1.807) is 10.4 Å². The fourth-order valence-electron chi connectivity index (χ4n) is 4.58. The van der Waals surface area contributed by atoms with Gasteiger partial charge in [0.05, 0.1) is 0 Å². The average molecular weight is 719 g/mol. The van der Waals surface area contributed by atoms with E-state index in [-0.39, 0.29) is 0 Å². The summed E-state index contributed by atoms with van der Waals surface area (Å²) in [5.41, 5.74) is 2.80. The zero-order valence-electron chi connectivity index (χ0n) is 24.7. The Hall–Kier alpha value is -2.73. The van der Waals surface area contributed by atoms with Gasteiger partial charge in [0.25, 0.3) is 0 Å². The van der Waals surface area contributed by atoms with Crippen molar-refractivity contribution in [2.75, 3.05) is 0 Å². The maximum Gasteiger partial charge on any atom is -0.0809 e. The van der Waals surface area contributed by atoms with Crippen molar-refractivity contribution in [3.05, 3.63) is 145 Å². The van der Waals surface area contributed by atoms with Gasteiger partial charge >= 0.3 is 153 Å². The first-order chi connectivity index (χ1) is 19.0. The van der Waals surface area contributed by atoms with Crippen molar-refractivity contribution in [2.45, 2.75) is 39.3 Å². The third-order valence-corrected chi connectivity index (χ3v) is 13.4. The van der Waals surface area contributed by atoms with Crippen LogP contribution in [-0.2, 0) is 23.9 Å². The number of hydrogen-bond acceptors (Lipinski definition) is 0. The van der Waals surface area contributed by atoms with E-state index in [4.69, 9.17) is 0 Å². The van der Waals surface area contributed by atoms with Crippen LogP contribution in [0, 0.1) is 0 Å². The molecule has 0 heterocycles. The number of fused-ring (bicyclic) bond motifs is 2. The molecule has 0 fully saturated rings. The Kier molecular flexibility index (Phi) is 10.0. The third-order valence-electron chi connectivity index (χ3n) is 7.17. The summed E-state index contributed by atoms with van der Waals surface area (Å²) in [7, 11) is -2.38. The third kappa shape index (κ3) is 8.16. The molecule has 200 valence electrons. The summed E-state index contributed by atoms with van der Waals surface area (Å²) in [5, 5.41) is 8.41. The Morgan fingerprint density at radius 2 is 0.825 bits per heavy atom. The van der Waals surface area contributed by atoms with Gasteiger partial charge in [0.15, 0.2) is 0 Å². The van der Waals surface area contributed by atoms with Gasteiger partial charge in [-0.1, -0.05) is 12.1 Å². The molecule has 6 rings (SSSR count). The molecule has 0 saturated carbocycles. The first-order valence-corrected chi connectivity index (χ1v) is 22.8. The predicted octanol–water partition coefficient (Wildman–Crippen LogP) is 9.01. The molecular formula is C37H40HfSi2. The number of hydrogen-bond donors (Lipinski definition) is 0. The minimum absolute atomic E-state index is 1.08. The summed E-state index contributed by atoms with van der Waals surface area (Å²) in [5.74, 6) is 0. The minimum atomic E-state index is -1.19. The van der Waals surface area contributed by atoms with Crippen LogP contribution in [0.5, 0.6) is 0 Å². The molecule has 0 aliphatic rings. The van der Waals surface area contributed by atoms with E-state index in [9.17, 15) is 0 Å². The van der Waals surface area contributed by atoms with Gasteiger partial charge < -0.3 is 0 Å². The first kappa shape index (κ1) is 30.2. The molecule has 0 radical (unpaired) electrons. The molecule has 0 N–H and O–H groups in total. The maximum absolute atomic E-state index is 2.41. The summed E-state index contributed by atoms with van der Waals surface area (Å²) in [4.78, 5) is 0. The fraction of sp³-hybridized carbons (Fsp3) is 0.162. The van der Waals surface area contributed by atoms with E-state index in [0.717, 1.165) is 23.9 Å². The van der Waals surface area contributed by atoms with Crippen LogP contribution in [0.15, 0.2) is 133 Å². The second kappa shape index (κ2) is 13.3. The largest absolute Gasteiger partial charge is 0.168 e. The molecule has 0 atom stereocenters. The molecule has 0 spiro atoms. The van der Waals surface area contributed by atoms with Crippen molar-refractivity contribution >= 4 is 51.3 Å². The van der Waals surface area contributed by atoms with Crippen LogP contribution >= 0.6 is 0 Å². The molecule has 0 unspecified atom stereocenters. The topological polar surface area (TPSA) is 0 Å². The summed E-state index contributed by atoms with van der Waals surface area (Å²) in [6.07, 6.45) is 0. The molecule has 3 heteroatoms. The van der Waals surface area contributed by atoms with Crippen LogP contribution < -0.4 is 10.4 Å². The summed E-state index contributed by atoms with van der Waals surface area (Å²) in [6.45, 7) is 14.4.